The molecule has 3 rings (SSSR count). The van der Waals surface area contributed by atoms with Crippen molar-refractivity contribution in [1.29, 1.82) is 0 Å². The summed E-state index contributed by atoms with van der Waals surface area (Å²) in [6.45, 7) is 2.79. The third-order valence-corrected chi connectivity index (χ3v) is 4.23. The molecule has 114 valence electrons. The number of fused-ring (bicyclic) bond motifs is 1. The van der Waals surface area contributed by atoms with E-state index < -0.39 is 11.6 Å². The van der Waals surface area contributed by atoms with Crippen LogP contribution in [0.4, 0.5) is 13.2 Å². The number of para-hydroxylation sites is 2. The monoisotopic (exact) mass is 297 g/mol. The van der Waals surface area contributed by atoms with Gasteiger partial charge in [-0.1, -0.05) is 19.1 Å². The largest absolute Gasteiger partial charge is 0.402 e. The summed E-state index contributed by atoms with van der Waals surface area (Å²) in [7, 11) is 0. The van der Waals surface area contributed by atoms with E-state index in [0.29, 0.717) is 18.6 Å². The van der Waals surface area contributed by atoms with E-state index in [1.165, 1.54) is 0 Å². The van der Waals surface area contributed by atoms with Crippen molar-refractivity contribution in [3.8, 4) is 0 Å². The molecular weight excluding hydrogens is 279 g/mol. The van der Waals surface area contributed by atoms with Crippen LogP contribution in [0.25, 0.3) is 11.0 Å². The lowest BCUT2D eigenvalue weighted by Crippen LogP contribution is -2.46. The smallest absolute Gasteiger partial charge is 0.327 e. The number of aromatic nitrogens is 2. The SMILES string of the molecule is CCCn1c(C2(C(F)(F)F)CCNC2)nc2ccccc21. The van der Waals surface area contributed by atoms with Gasteiger partial charge in [0.1, 0.15) is 11.2 Å². The topological polar surface area (TPSA) is 29.9 Å². The normalized spacial score (nSPS) is 23.0. The zero-order chi connectivity index (χ0) is 15.1. The second-order valence-electron chi connectivity index (χ2n) is 5.58. The van der Waals surface area contributed by atoms with E-state index in [2.05, 4.69) is 10.3 Å². The Morgan fingerprint density at radius 2 is 2.10 bits per heavy atom. The maximum Gasteiger partial charge on any atom is 0.402 e. The molecule has 21 heavy (non-hydrogen) atoms. The first kappa shape index (κ1) is 14.4. The Bertz CT molecular complexity index is 639. The molecule has 1 atom stereocenters. The highest BCUT2D eigenvalue weighted by Gasteiger charge is 2.59. The summed E-state index contributed by atoms with van der Waals surface area (Å²) >= 11 is 0. The summed E-state index contributed by atoms with van der Waals surface area (Å²) in [5, 5.41) is 2.86. The number of nitrogens with one attached hydrogen (secondary N) is 1. The molecule has 1 aromatic heterocycles. The average molecular weight is 297 g/mol. The van der Waals surface area contributed by atoms with Crippen LogP contribution in [0.5, 0.6) is 0 Å². The van der Waals surface area contributed by atoms with E-state index in [9.17, 15) is 13.2 Å². The molecule has 3 nitrogen and oxygen atoms in total. The second kappa shape index (κ2) is 5.02. The quantitative estimate of drug-likeness (QED) is 0.942. The molecule has 0 bridgehead atoms. The first-order chi connectivity index (χ1) is 9.99. The third kappa shape index (κ3) is 2.12. The minimum atomic E-state index is -4.30. The van der Waals surface area contributed by atoms with Crippen LogP contribution in [-0.4, -0.2) is 28.8 Å². The van der Waals surface area contributed by atoms with Crippen molar-refractivity contribution in [2.24, 2.45) is 0 Å². The Morgan fingerprint density at radius 3 is 2.71 bits per heavy atom. The molecule has 2 aromatic rings. The number of benzene rings is 1. The second-order valence-corrected chi connectivity index (χ2v) is 5.58. The maximum absolute atomic E-state index is 13.8. The summed E-state index contributed by atoms with van der Waals surface area (Å²) in [6.07, 6.45) is -3.48. The maximum atomic E-state index is 13.8. The molecule has 1 aliphatic heterocycles. The van der Waals surface area contributed by atoms with Gasteiger partial charge in [0.15, 0.2) is 0 Å². The highest BCUT2D eigenvalue weighted by molar-refractivity contribution is 5.76. The lowest BCUT2D eigenvalue weighted by Gasteiger charge is -2.30. The van der Waals surface area contributed by atoms with Crippen LogP contribution in [0, 0.1) is 0 Å². The highest BCUT2D eigenvalue weighted by atomic mass is 19.4. The van der Waals surface area contributed by atoms with Crippen molar-refractivity contribution in [3.05, 3.63) is 30.1 Å². The van der Waals surface area contributed by atoms with Crippen molar-refractivity contribution in [1.82, 2.24) is 14.9 Å². The van der Waals surface area contributed by atoms with Crippen molar-refractivity contribution < 1.29 is 13.2 Å². The molecule has 2 heterocycles. The molecular formula is C15H18F3N3. The molecule has 1 aliphatic rings. The molecule has 1 fully saturated rings. The molecule has 0 saturated carbocycles. The molecule has 1 saturated heterocycles. The van der Waals surface area contributed by atoms with Gasteiger partial charge in [-0.05, 0) is 31.5 Å². The first-order valence-electron chi connectivity index (χ1n) is 7.23. The lowest BCUT2D eigenvalue weighted by molar-refractivity contribution is -0.187. The average Bonchev–Trinajstić information content (AvgIpc) is 3.04. The van der Waals surface area contributed by atoms with Gasteiger partial charge in [-0.3, -0.25) is 0 Å². The molecule has 0 aliphatic carbocycles. The van der Waals surface area contributed by atoms with Crippen LogP contribution in [0.15, 0.2) is 24.3 Å². The summed E-state index contributed by atoms with van der Waals surface area (Å²) in [5.74, 6) is 0.156. The Labute approximate surface area is 121 Å². The van der Waals surface area contributed by atoms with Crippen molar-refractivity contribution in [3.63, 3.8) is 0 Å². The van der Waals surface area contributed by atoms with Crippen LogP contribution >= 0.6 is 0 Å². The highest BCUT2D eigenvalue weighted by Crippen LogP contribution is 2.45. The molecule has 0 spiro atoms. The van der Waals surface area contributed by atoms with E-state index in [4.69, 9.17) is 0 Å². The van der Waals surface area contributed by atoms with E-state index in [-0.39, 0.29) is 18.8 Å². The summed E-state index contributed by atoms with van der Waals surface area (Å²) in [5.41, 5.74) is -0.456. The van der Waals surface area contributed by atoms with Gasteiger partial charge in [0.25, 0.3) is 0 Å². The number of alkyl halides is 3. The Kier molecular flexibility index (Phi) is 3.43. The van der Waals surface area contributed by atoms with E-state index >= 15 is 0 Å². The third-order valence-electron chi connectivity index (χ3n) is 4.23. The number of nitrogens with zero attached hydrogens (tertiary/aromatic N) is 2. The Hall–Kier alpha value is -1.56. The number of hydrogen-bond acceptors (Lipinski definition) is 2. The lowest BCUT2D eigenvalue weighted by atomic mass is 9.85. The molecule has 0 radical (unpaired) electrons. The van der Waals surface area contributed by atoms with Gasteiger partial charge >= 0.3 is 6.18 Å². The number of aryl methyl sites for hydroxylation is 1. The van der Waals surface area contributed by atoms with Gasteiger partial charge in [0, 0.05) is 13.1 Å². The predicted molar refractivity (Wildman–Crippen MR) is 75.2 cm³/mol. The summed E-state index contributed by atoms with van der Waals surface area (Å²) < 4.78 is 43.0. The van der Waals surface area contributed by atoms with Crippen molar-refractivity contribution >= 4 is 11.0 Å². The van der Waals surface area contributed by atoms with E-state index in [1.807, 2.05) is 25.1 Å². The minimum absolute atomic E-state index is 0.0452. The van der Waals surface area contributed by atoms with Crippen LogP contribution in [-0.2, 0) is 12.0 Å². The summed E-state index contributed by atoms with van der Waals surface area (Å²) in [6, 6.07) is 7.26. The predicted octanol–water partition coefficient (Wildman–Crippen LogP) is 3.24. The number of imidazole rings is 1. The van der Waals surface area contributed by atoms with Crippen LogP contribution in [0.1, 0.15) is 25.6 Å². The van der Waals surface area contributed by atoms with Gasteiger partial charge in [-0.2, -0.15) is 13.2 Å². The molecule has 1 aromatic carbocycles. The van der Waals surface area contributed by atoms with Gasteiger partial charge in [-0.25, -0.2) is 4.98 Å². The standard InChI is InChI=1S/C15H18F3N3/c1-2-9-21-12-6-4-3-5-11(12)20-13(21)14(15(16,17)18)7-8-19-10-14/h3-6,19H,2,7-10H2,1H3. The number of hydrogen-bond donors (Lipinski definition) is 1. The van der Waals surface area contributed by atoms with Crippen LogP contribution in [0.2, 0.25) is 0 Å². The molecule has 6 heteroatoms. The van der Waals surface area contributed by atoms with Crippen molar-refractivity contribution in [2.75, 3.05) is 13.1 Å². The van der Waals surface area contributed by atoms with Crippen LogP contribution < -0.4 is 5.32 Å². The Balaban J connectivity index is 2.25. The van der Waals surface area contributed by atoms with Crippen LogP contribution in [0.3, 0.4) is 0 Å². The molecule has 0 amide bonds. The summed E-state index contributed by atoms with van der Waals surface area (Å²) in [4.78, 5) is 4.35. The van der Waals surface area contributed by atoms with E-state index in [1.54, 1.807) is 10.6 Å². The zero-order valence-corrected chi connectivity index (χ0v) is 11.9. The fourth-order valence-corrected chi connectivity index (χ4v) is 3.14. The Morgan fingerprint density at radius 1 is 1.33 bits per heavy atom. The van der Waals surface area contributed by atoms with Gasteiger partial charge in [0.05, 0.1) is 11.0 Å². The zero-order valence-electron chi connectivity index (χ0n) is 11.9. The molecule has 1 unspecified atom stereocenters. The van der Waals surface area contributed by atoms with Crippen molar-refractivity contribution in [2.45, 2.75) is 37.9 Å². The van der Waals surface area contributed by atoms with Gasteiger partial charge in [0.2, 0.25) is 0 Å². The van der Waals surface area contributed by atoms with Gasteiger partial charge in [-0.15, -0.1) is 0 Å². The fraction of sp³-hybridized carbons (Fsp3) is 0.533. The van der Waals surface area contributed by atoms with Gasteiger partial charge < -0.3 is 9.88 Å². The fourth-order valence-electron chi connectivity index (χ4n) is 3.14. The number of halogens is 3. The minimum Gasteiger partial charge on any atom is -0.327 e. The molecule has 1 N–H and O–H groups in total. The number of rotatable bonds is 3. The first-order valence-corrected chi connectivity index (χ1v) is 7.23. The van der Waals surface area contributed by atoms with E-state index in [0.717, 1.165) is 11.9 Å².